The number of hydrogen-bond donors (Lipinski definition) is 0. The van der Waals surface area contributed by atoms with Crippen LogP contribution >= 0.6 is 0 Å². The molecule has 0 amide bonds. The number of rotatable bonds is 2. The molecule has 1 rings (SSSR count). The third-order valence-corrected chi connectivity index (χ3v) is 2.45. The highest BCUT2D eigenvalue weighted by Crippen LogP contribution is 2.28. The monoisotopic (exact) mass is 163 g/mol. The Bertz CT molecular complexity index is 235. The molecule has 1 heterocycles. The highest BCUT2D eigenvalue weighted by molar-refractivity contribution is 5.36. The normalized spacial score (nSPS) is 24.2. The summed E-state index contributed by atoms with van der Waals surface area (Å²) in [4.78, 5) is 2.28. The van der Waals surface area contributed by atoms with E-state index in [2.05, 4.69) is 44.5 Å². The molecule has 66 valence electrons. The predicted molar refractivity (Wildman–Crippen MR) is 53.9 cm³/mol. The molecule has 12 heavy (non-hydrogen) atoms. The van der Waals surface area contributed by atoms with Crippen LogP contribution in [0.4, 0.5) is 0 Å². The van der Waals surface area contributed by atoms with E-state index in [-0.39, 0.29) is 0 Å². The van der Waals surface area contributed by atoms with Crippen molar-refractivity contribution in [1.29, 1.82) is 0 Å². The summed E-state index contributed by atoms with van der Waals surface area (Å²) in [5.41, 5.74) is 2.68. The van der Waals surface area contributed by atoms with Crippen molar-refractivity contribution in [1.82, 2.24) is 4.90 Å². The van der Waals surface area contributed by atoms with Gasteiger partial charge in [0.15, 0.2) is 0 Å². The minimum absolute atomic E-state index is 0.615. The maximum absolute atomic E-state index is 3.83. The molecular weight excluding hydrogens is 146 g/mol. The Morgan fingerprint density at radius 3 is 2.75 bits per heavy atom. The van der Waals surface area contributed by atoms with E-state index >= 15 is 0 Å². The second kappa shape index (κ2) is 3.61. The van der Waals surface area contributed by atoms with Gasteiger partial charge in [-0.1, -0.05) is 18.7 Å². The minimum Gasteiger partial charge on any atom is -0.371 e. The summed E-state index contributed by atoms with van der Waals surface area (Å²) >= 11 is 0. The molecule has 0 spiro atoms. The molecular formula is C11H17N. The second-order valence-electron chi connectivity index (χ2n) is 3.28. The van der Waals surface area contributed by atoms with Crippen LogP contribution in [0.5, 0.6) is 0 Å². The summed E-state index contributed by atoms with van der Waals surface area (Å²) in [6.45, 7) is 8.12. The van der Waals surface area contributed by atoms with Crippen molar-refractivity contribution in [2.45, 2.75) is 26.3 Å². The lowest BCUT2D eigenvalue weighted by atomic mass is 10.1. The van der Waals surface area contributed by atoms with E-state index in [0.717, 1.165) is 6.42 Å². The minimum atomic E-state index is 0.615. The van der Waals surface area contributed by atoms with E-state index in [1.54, 1.807) is 0 Å². The van der Waals surface area contributed by atoms with E-state index in [1.807, 2.05) is 6.08 Å². The van der Waals surface area contributed by atoms with Crippen LogP contribution in [-0.2, 0) is 0 Å². The van der Waals surface area contributed by atoms with Crippen LogP contribution in [0, 0.1) is 0 Å². The van der Waals surface area contributed by atoms with Crippen LogP contribution in [0.25, 0.3) is 0 Å². The molecule has 0 aromatic carbocycles. The largest absolute Gasteiger partial charge is 0.371 e. The van der Waals surface area contributed by atoms with Crippen molar-refractivity contribution in [3.05, 3.63) is 36.1 Å². The van der Waals surface area contributed by atoms with E-state index < -0.39 is 0 Å². The summed E-state index contributed by atoms with van der Waals surface area (Å²) in [7, 11) is 2.12. The molecule has 0 N–H and O–H groups in total. The lowest BCUT2D eigenvalue weighted by molar-refractivity contribution is 0.365. The zero-order valence-electron chi connectivity index (χ0n) is 8.17. The quantitative estimate of drug-likeness (QED) is 0.605. The molecule has 1 unspecified atom stereocenters. The average molecular weight is 163 g/mol. The third-order valence-electron chi connectivity index (χ3n) is 2.45. The van der Waals surface area contributed by atoms with Crippen molar-refractivity contribution < 1.29 is 0 Å². The Balaban J connectivity index is 2.93. The zero-order valence-corrected chi connectivity index (χ0v) is 8.17. The SMILES string of the molecule is C=CC1=C(/C=C\C)CC(C)N1C. The van der Waals surface area contributed by atoms with Gasteiger partial charge in [-0.25, -0.2) is 0 Å². The lowest BCUT2D eigenvalue weighted by Gasteiger charge is -2.19. The summed E-state index contributed by atoms with van der Waals surface area (Å²) in [5.74, 6) is 0. The summed E-state index contributed by atoms with van der Waals surface area (Å²) in [6, 6.07) is 0.615. The number of likely N-dealkylation sites (N-methyl/N-ethyl adjacent to an activating group) is 1. The molecule has 0 aromatic rings. The predicted octanol–water partition coefficient (Wildman–Crippen LogP) is 2.73. The average Bonchev–Trinajstić information content (AvgIpc) is 2.29. The Morgan fingerprint density at radius 1 is 1.58 bits per heavy atom. The van der Waals surface area contributed by atoms with Gasteiger partial charge in [-0.3, -0.25) is 0 Å². The van der Waals surface area contributed by atoms with Gasteiger partial charge in [0.2, 0.25) is 0 Å². The molecule has 1 aliphatic rings. The van der Waals surface area contributed by atoms with Gasteiger partial charge in [0.1, 0.15) is 0 Å². The number of nitrogens with zero attached hydrogens (tertiary/aromatic N) is 1. The number of hydrogen-bond acceptors (Lipinski definition) is 1. The first-order valence-electron chi connectivity index (χ1n) is 4.41. The fourth-order valence-electron chi connectivity index (χ4n) is 1.65. The van der Waals surface area contributed by atoms with Gasteiger partial charge in [-0.15, -0.1) is 0 Å². The summed E-state index contributed by atoms with van der Waals surface area (Å²) in [6.07, 6.45) is 7.35. The first-order chi connectivity index (χ1) is 5.70. The Kier molecular flexibility index (Phi) is 2.74. The van der Waals surface area contributed by atoms with Gasteiger partial charge >= 0.3 is 0 Å². The van der Waals surface area contributed by atoms with Crippen molar-refractivity contribution >= 4 is 0 Å². The molecule has 1 nitrogen and oxygen atoms in total. The second-order valence-corrected chi connectivity index (χ2v) is 3.28. The van der Waals surface area contributed by atoms with E-state index in [0.29, 0.717) is 6.04 Å². The van der Waals surface area contributed by atoms with Gasteiger partial charge in [-0.2, -0.15) is 0 Å². The van der Waals surface area contributed by atoms with Crippen LogP contribution in [0.15, 0.2) is 36.1 Å². The molecule has 0 bridgehead atoms. The van der Waals surface area contributed by atoms with Crippen molar-refractivity contribution in [2.75, 3.05) is 7.05 Å². The van der Waals surface area contributed by atoms with Gasteiger partial charge < -0.3 is 4.90 Å². The molecule has 0 aliphatic carbocycles. The molecule has 1 heteroatoms. The Hall–Kier alpha value is -0.980. The molecule has 0 radical (unpaired) electrons. The fraction of sp³-hybridized carbons (Fsp3) is 0.455. The highest BCUT2D eigenvalue weighted by atomic mass is 15.1. The van der Waals surface area contributed by atoms with Gasteiger partial charge in [0.25, 0.3) is 0 Å². The summed E-state index contributed by atoms with van der Waals surface area (Å²) < 4.78 is 0. The maximum atomic E-state index is 3.83. The Morgan fingerprint density at radius 2 is 2.25 bits per heavy atom. The molecule has 1 aliphatic heterocycles. The van der Waals surface area contributed by atoms with Crippen molar-refractivity contribution in [3.63, 3.8) is 0 Å². The third kappa shape index (κ3) is 1.45. The van der Waals surface area contributed by atoms with Crippen LogP contribution in [0.1, 0.15) is 20.3 Å². The smallest absolute Gasteiger partial charge is 0.0393 e. The first kappa shape index (κ1) is 9.11. The van der Waals surface area contributed by atoms with Gasteiger partial charge in [0.05, 0.1) is 0 Å². The summed E-state index contributed by atoms with van der Waals surface area (Å²) in [5, 5.41) is 0. The molecule has 0 fully saturated rings. The maximum Gasteiger partial charge on any atom is 0.0393 e. The van der Waals surface area contributed by atoms with Crippen LogP contribution in [-0.4, -0.2) is 18.0 Å². The van der Waals surface area contributed by atoms with E-state index in [1.165, 1.54) is 11.3 Å². The van der Waals surface area contributed by atoms with Crippen LogP contribution in [0.3, 0.4) is 0 Å². The van der Waals surface area contributed by atoms with Crippen LogP contribution < -0.4 is 0 Å². The highest BCUT2D eigenvalue weighted by Gasteiger charge is 2.21. The van der Waals surface area contributed by atoms with Gasteiger partial charge in [0, 0.05) is 18.8 Å². The molecule has 1 atom stereocenters. The first-order valence-corrected chi connectivity index (χ1v) is 4.41. The molecule has 0 saturated carbocycles. The van der Waals surface area contributed by atoms with Crippen molar-refractivity contribution in [2.24, 2.45) is 0 Å². The van der Waals surface area contributed by atoms with Crippen LogP contribution in [0.2, 0.25) is 0 Å². The lowest BCUT2D eigenvalue weighted by Crippen LogP contribution is -2.21. The van der Waals surface area contributed by atoms with E-state index in [9.17, 15) is 0 Å². The van der Waals surface area contributed by atoms with Gasteiger partial charge in [-0.05, 0) is 31.9 Å². The topological polar surface area (TPSA) is 3.24 Å². The van der Waals surface area contributed by atoms with Crippen molar-refractivity contribution in [3.8, 4) is 0 Å². The zero-order chi connectivity index (χ0) is 9.14. The molecule has 0 saturated heterocycles. The fourth-order valence-corrected chi connectivity index (χ4v) is 1.65. The number of allylic oxidation sites excluding steroid dienone is 3. The molecule has 0 aromatic heterocycles. The van der Waals surface area contributed by atoms with E-state index in [4.69, 9.17) is 0 Å². The standard InChI is InChI=1S/C11H17N/c1-5-7-10-8-9(3)12(4)11(10)6-2/h5-7,9H,2,8H2,1,3-4H3/b7-5-. The Labute approximate surface area is 75.1 Å².